The van der Waals surface area contributed by atoms with Gasteiger partial charge in [0.15, 0.2) is 0 Å². The van der Waals surface area contributed by atoms with E-state index < -0.39 is 0 Å². The number of methoxy groups -OCH3 is 1. The van der Waals surface area contributed by atoms with Gasteiger partial charge in [0.1, 0.15) is 11.5 Å². The highest BCUT2D eigenvalue weighted by Crippen LogP contribution is 2.36. The third-order valence-corrected chi connectivity index (χ3v) is 5.05. The Morgan fingerprint density at radius 3 is 2.75 bits per heavy atom. The van der Waals surface area contributed by atoms with Crippen LogP contribution in [0, 0.1) is 11.3 Å². The largest absolute Gasteiger partial charge is 0.496 e. The number of carbonyl (C=O) groups excluding carboxylic acids is 1. The van der Waals surface area contributed by atoms with Gasteiger partial charge in [-0.15, -0.1) is 0 Å². The number of nitrogens with one attached hydrogen (secondary N) is 1. The van der Waals surface area contributed by atoms with Crippen molar-refractivity contribution in [3.8, 4) is 5.75 Å². The van der Waals surface area contributed by atoms with Crippen molar-refractivity contribution in [3.63, 3.8) is 0 Å². The highest BCUT2D eigenvalue weighted by Gasteiger charge is 2.43. The first-order valence-corrected chi connectivity index (χ1v) is 7.85. The van der Waals surface area contributed by atoms with Crippen molar-refractivity contribution in [2.75, 3.05) is 20.2 Å². The average molecular weight is 340 g/mol. The fourth-order valence-electron chi connectivity index (χ4n) is 2.95. The predicted octanol–water partition coefficient (Wildman–Crippen LogP) is 3.21. The van der Waals surface area contributed by atoms with Gasteiger partial charge in [-0.1, -0.05) is 19.9 Å². The maximum atomic E-state index is 12.8. The van der Waals surface area contributed by atoms with Crippen molar-refractivity contribution in [2.45, 2.75) is 26.7 Å². The summed E-state index contributed by atoms with van der Waals surface area (Å²) in [5.41, 5.74) is 0.835. The molecule has 4 heteroatoms. The first kappa shape index (κ1) is 15.5. The Bertz CT molecular complexity index is 493. The van der Waals surface area contributed by atoms with Crippen molar-refractivity contribution < 1.29 is 9.53 Å². The molecule has 3 nitrogen and oxygen atoms in total. The fraction of sp³-hybridized carbons (Fsp3) is 0.562. The summed E-state index contributed by atoms with van der Waals surface area (Å²) in [5.74, 6) is 1.50. The number of hydrogen-bond acceptors (Lipinski definition) is 3. The first-order valence-electron chi connectivity index (χ1n) is 7.06. The van der Waals surface area contributed by atoms with Crippen LogP contribution in [0.2, 0.25) is 0 Å². The molecule has 1 aromatic rings. The second-order valence-corrected chi connectivity index (χ2v) is 6.66. The number of halogens is 1. The summed E-state index contributed by atoms with van der Waals surface area (Å²) in [7, 11) is 1.64. The van der Waals surface area contributed by atoms with Crippen molar-refractivity contribution in [3.05, 3.63) is 28.2 Å². The van der Waals surface area contributed by atoms with E-state index in [0.717, 1.165) is 35.3 Å². The summed E-state index contributed by atoms with van der Waals surface area (Å²) in [6.45, 7) is 6.04. The number of ether oxygens (including phenoxy) is 1. The van der Waals surface area contributed by atoms with E-state index in [1.54, 1.807) is 7.11 Å². The van der Waals surface area contributed by atoms with Gasteiger partial charge in [-0.3, -0.25) is 4.79 Å². The van der Waals surface area contributed by atoms with E-state index in [1.165, 1.54) is 0 Å². The molecule has 0 aliphatic carbocycles. The van der Waals surface area contributed by atoms with Gasteiger partial charge in [0.05, 0.1) is 11.6 Å². The maximum absolute atomic E-state index is 12.8. The molecule has 0 amide bonds. The normalized spacial score (nSPS) is 22.2. The number of carbonyl (C=O) groups is 1. The highest BCUT2D eigenvalue weighted by atomic mass is 79.9. The SMILES string of the molecule is COc1ccc(CC(=O)C2(C(C)C)CCNC2)cc1Br. The molecular formula is C16H22BrNO2. The summed E-state index contributed by atoms with van der Waals surface area (Å²) in [6.07, 6.45) is 1.43. The summed E-state index contributed by atoms with van der Waals surface area (Å²) >= 11 is 3.47. The van der Waals surface area contributed by atoms with Crippen LogP contribution in [-0.4, -0.2) is 26.0 Å². The Kier molecular flexibility index (Phi) is 4.86. The van der Waals surface area contributed by atoms with E-state index in [0.29, 0.717) is 18.1 Å². The molecule has 1 saturated heterocycles. The standard InChI is InChI=1S/C16H22BrNO2/c1-11(2)16(6-7-18-10-16)15(19)9-12-4-5-14(20-3)13(17)8-12/h4-5,8,11,18H,6-7,9-10H2,1-3H3. The lowest BCUT2D eigenvalue weighted by molar-refractivity contribution is -0.129. The third-order valence-electron chi connectivity index (χ3n) is 4.43. The van der Waals surface area contributed by atoms with Crippen molar-refractivity contribution in [2.24, 2.45) is 11.3 Å². The number of benzene rings is 1. The van der Waals surface area contributed by atoms with Gasteiger partial charge in [-0.05, 0) is 52.5 Å². The third kappa shape index (κ3) is 2.91. The molecule has 1 aromatic carbocycles. The Hall–Kier alpha value is -0.870. The van der Waals surface area contributed by atoms with Gasteiger partial charge >= 0.3 is 0 Å². The molecule has 1 aliphatic heterocycles. The summed E-state index contributed by atoms with van der Waals surface area (Å²) in [4.78, 5) is 12.8. The average Bonchev–Trinajstić information content (AvgIpc) is 2.89. The predicted molar refractivity (Wildman–Crippen MR) is 84.2 cm³/mol. The molecule has 1 N–H and O–H groups in total. The second kappa shape index (κ2) is 6.27. The molecule has 0 aromatic heterocycles. The summed E-state index contributed by atoms with van der Waals surface area (Å²) in [5, 5.41) is 3.34. The van der Waals surface area contributed by atoms with Crippen LogP contribution in [0.4, 0.5) is 0 Å². The minimum absolute atomic E-state index is 0.202. The van der Waals surface area contributed by atoms with E-state index in [9.17, 15) is 4.79 Å². The van der Waals surface area contributed by atoms with Crippen molar-refractivity contribution in [1.29, 1.82) is 0 Å². The quantitative estimate of drug-likeness (QED) is 0.895. The van der Waals surface area contributed by atoms with Gasteiger partial charge in [-0.25, -0.2) is 0 Å². The minimum atomic E-state index is -0.202. The number of ketones is 1. The lowest BCUT2D eigenvalue weighted by Crippen LogP contribution is -2.39. The van der Waals surface area contributed by atoms with Gasteiger partial charge in [0.25, 0.3) is 0 Å². The molecule has 2 rings (SSSR count). The van der Waals surface area contributed by atoms with Crippen LogP contribution in [0.5, 0.6) is 5.75 Å². The first-order chi connectivity index (χ1) is 9.49. The number of rotatable bonds is 5. The van der Waals surface area contributed by atoms with Crippen LogP contribution in [0.1, 0.15) is 25.8 Å². The molecule has 0 spiro atoms. The number of Topliss-reactive ketones (excluding diaryl/α,β-unsaturated/α-hetero) is 1. The molecule has 110 valence electrons. The zero-order chi connectivity index (χ0) is 14.8. The summed E-state index contributed by atoms with van der Waals surface area (Å²) < 4.78 is 6.12. The van der Waals surface area contributed by atoms with E-state index >= 15 is 0 Å². The second-order valence-electron chi connectivity index (χ2n) is 5.81. The molecule has 1 atom stereocenters. The summed E-state index contributed by atoms with van der Waals surface area (Å²) in [6, 6.07) is 5.85. The van der Waals surface area contributed by atoms with E-state index in [1.807, 2.05) is 18.2 Å². The molecule has 0 saturated carbocycles. The lowest BCUT2D eigenvalue weighted by atomic mass is 9.71. The molecule has 20 heavy (non-hydrogen) atoms. The molecule has 1 fully saturated rings. The molecule has 1 heterocycles. The van der Waals surface area contributed by atoms with Crippen molar-refractivity contribution in [1.82, 2.24) is 5.32 Å². The lowest BCUT2D eigenvalue weighted by Gasteiger charge is -2.31. The van der Waals surface area contributed by atoms with Crippen molar-refractivity contribution >= 4 is 21.7 Å². The fourth-order valence-corrected chi connectivity index (χ4v) is 3.53. The van der Waals surface area contributed by atoms with Crippen LogP contribution in [-0.2, 0) is 11.2 Å². The smallest absolute Gasteiger partial charge is 0.144 e. The zero-order valence-corrected chi connectivity index (χ0v) is 13.9. The van der Waals surface area contributed by atoms with Gasteiger partial charge in [-0.2, -0.15) is 0 Å². The molecule has 0 radical (unpaired) electrons. The Balaban J connectivity index is 2.16. The Morgan fingerprint density at radius 2 is 2.25 bits per heavy atom. The van der Waals surface area contributed by atoms with Crippen LogP contribution in [0.3, 0.4) is 0 Å². The topological polar surface area (TPSA) is 38.3 Å². The molecular weight excluding hydrogens is 318 g/mol. The van der Waals surface area contributed by atoms with Crippen LogP contribution in [0.15, 0.2) is 22.7 Å². The number of hydrogen-bond donors (Lipinski definition) is 1. The monoisotopic (exact) mass is 339 g/mol. The van der Waals surface area contributed by atoms with Crippen LogP contribution >= 0.6 is 15.9 Å². The zero-order valence-electron chi connectivity index (χ0n) is 12.3. The maximum Gasteiger partial charge on any atom is 0.144 e. The minimum Gasteiger partial charge on any atom is -0.496 e. The van der Waals surface area contributed by atoms with E-state index in [4.69, 9.17) is 4.74 Å². The van der Waals surface area contributed by atoms with Crippen LogP contribution < -0.4 is 10.1 Å². The van der Waals surface area contributed by atoms with E-state index in [-0.39, 0.29) is 5.41 Å². The molecule has 1 aliphatic rings. The Morgan fingerprint density at radius 1 is 1.50 bits per heavy atom. The van der Waals surface area contributed by atoms with Gasteiger partial charge in [0, 0.05) is 18.4 Å². The molecule has 0 bridgehead atoms. The van der Waals surface area contributed by atoms with Gasteiger partial charge in [0.2, 0.25) is 0 Å². The highest BCUT2D eigenvalue weighted by molar-refractivity contribution is 9.10. The molecule has 1 unspecified atom stereocenters. The Labute approximate surface area is 129 Å². The van der Waals surface area contributed by atoms with Crippen LogP contribution in [0.25, 0.3) is 0 Å². The van der Waals surface area contributed by atoms with Gasteiger partial charge < -0.3 is 10.1 Å². The van der Waals surface area contributed by atoms with E-state index in [2.05, 4.69) is 35.1 Å².